The molecule has 6 rings (SSSR count). The number of alkyl halides is 2. The summed E-state index contributed by atoms with van der Waals surface area (Å²) >= 11 is 0.723. The van der Waals surface area contributed by atoms with Crippen molar-refractivity contribution in [2.24, 2.45) is 0 Å². The number of fused-ring (bicyclic) bond motifs is 1. The molecule has 15 heteroatoms. The molecular weight excluding hydrogens is 528 g/mol. The Morgan fingerprint density at radius 2 is 2.08 bits per heavy atom. The fourth-order valence-corrected chi connectivity index (χ4v) is 6.63. The second-order valence-corrected chi connectivity index (χ2v) is 12.5. The van der Waals surface area contributed by atoms with Crippen molar-refractivity contribution in [3.63, 3.8) is 0 Å². The van der Waals surface area contributed by atoms with E-state index < -0.39 is 33.1 Å². The van der Waals surface area contributed by atoms with E-state index in [-0.39, 0.29) is 30.4 Å². The lowest BCUT2D eigenvalue weighted by Crippen LogP contribution is -2.54. The second kappa shape index (κ2) is 8.92. The Morgan fingerprint density at radius 1 is 1.30 bits per heavy atom. The van der Waals surface area contributed by atoms with Crippen LogP contribution in [-0.4, -0.2) is 83.2 Å². The number of carbonyl (C=O) groups is 1. The highest BCUT2D eigenvalue weighted by Gasteiger charge is 2.42. The summed E-state index contributed by atoms with van der Waals surface area (Å²) in [5.41, 5.74) is 0.762. The van der Waals surface area contributed by atoms with E-state index in [0.717, 1.165) is 30.6 Å². The molecule has 3 aromatic rings. The molecule has 37 heavy (non-hydrogen) atoms. The largest absolute Gasteiger partial charge is 0.365 e. The number of hydrogen-bond acceptors (Lipinski definition) is 9. The fraction of sp³-hybridized carbons (Fsp3) is 0.545. The number of halogens is 2. The average Bonchev–Trinajstić information content (AvgIpc) is 3.22. The maximum Gasteiger partial charge on any atom is 0.291 e. The van der Waals surface area contributed by atoms with Crippen LogP contribution in [0.3, 0.4) is 0 Å². The Hall–Kier alpha value is -2.75. The number of aromatic nitrogens is 4. The molecule has 0 radical (unpaired) electrons. The van der Waals surface area contributed by atoms with E-state index in [1.807, 2.05) is 11.8 Å². The van der Waals surface area contributed by atoms with Crippen LogP contribution in [0.5, 0.6) is 0 Å². The molecule has 11 nitrogen and oxygen atoms in total. The highest BCUT2D eigenvalue weighted by molar-refractivity contribution is 7.89. The molecule has 0 aromatic carbocycles. The molecule has 5 heterocycles. The van der Waals surface area contributed by atoms with Gasteiger partial charge >= 0.3 is 0 Å². The van der Waals surface area contributed by atoms with Crippen molar-refractivity contribution >= 4 is 38.6 Å². The lowest BCUT2D eigenvalue weighted by molar-refractivity contribution is -0.147. The van der Waals surface area contributed by atoms with E-state index in [2.05, 4.69) is 19.9 Å². The van der Waals surface area contributed by atoms with Crippen molar-refractivity contribution in [3.8, 4) is 10.7 Å². The number of imidazole rings is 1. The molecule has 2 aliphatic heterocycles. The molecule has 0 unspecified atom stereocenters. The van der Waals surface area contributed by atoms with Crippen LogP contribution in [0.1, 0.15) is 39.0 Å². The molecule has 1 atom stereocenters. The standard InChI is InChI=1S/C22H25F2N7O4S2.H2/c1-22(3-4-22)28-37(33,34)13-9-14(30-7-8-35-16(12-30)21(32)29-5-2-6-29)18-25-10-15(31(18)11-13)19-26-27-20(36-19)17(23)24;/h9-11,16-17,28H,2-8,12H2,1H3;1H/t16-;/m0./s1. The molecule has 3 fully saturated rings. The maximum atomic E-state index is 13.4. The predicted octanol–water partition coefficient (Wildman–Crippen LogP) is 2.30. The molecule has 1 N–H and O–H groups in total. The number of carbonyl (C=O) groups excluding carboxylic acids is 1. The number of hydrogen-bond donors (Lipinski definition) is 1. The van der Waals surface area contributed by atoms with E-state index in [4.69, 9.17) is 4.74 Å². The van der Waals surface area contributed by atoms with Gasteiger partial charge in [-0.2, -0.15) is 0 Å². The monoisotopic (exact) mass is 555 g/mol. The quantitative estimate of drug-likeness (QED) is 0.471. The Kier molecular flexibility index (Phi) is 5.93. The third-order valence-electron chi connectivity index (χ3n) is 6.95. The molecule has 3 aromatic heterocycles. The molecule has 0 bridgehead atoms. The lowest BCUT2D eigenvalue weighted by Gasteiger charge is -2.39. The molecule has 0 spiro atoms. The van der Waals surface area contributed by atoms with Crippen molar-refractivity contribution in [3.05, 3.63) is 23.5 Å². The maximum absolute atomic E-state index is 13.4. The van der Waals surface area contributed by atoms with E-state index >= 15 is 0 Å². The summed E-state index contributed by atoms with van der Waals surface area (Å²) in [4.78, 5) is 20.9. The molecule has 1 aliphatic carbocycles. The molecular formula is C22H27F2N7O4S2. The van der Waals surface area contributed by atoms with Crippen LogP contribution in [0.2, 0.25) is 0 Å². The van der Waals surface area contributed by atoms with Crippen LogP contribution in [0, 0.1) is 0 Å². The number of morpholine rings is 1. The third-order valence-corrected chi connectivity index (χ3v) is 9.51. The minimum atomic E-state index is -3.92. The molecule has 1 saturated carbocycles. The van der Waals surface area contributed by atoms with Crippen molar-refractivity contribution in [2.45, 2.75) is 49.2 Å². The predicted molar refractivity (Wildman–Crippen MR) is 132 cm³/mol. The zero-order valence-electron chi connectivity index (χ0n) is 19.9. The van der Waals surface area contributed by atoms with Gasteiger partial charge in [0, 0.05) is 32.8 Å². The Morgan fingerprint density at radius 3 is 2.73 bits per heavy atom. The number of pyridine rings is 1. The second-order valence-electron chi connectivity index (χ2n) is 9.79. The van der Waals surface area contributed by atoms with Gasteiger partial charge in [-0.25, -0.2) is 26.9 Å². The Balaban J connectivity index is 0.00000294. The van der Waals surface area contributed by atoms with Crippen molar-refractivity contribution < 1.29 is 28.2 Å². The summed E-state index contributed by atoms with van der Waals surface area (Å²) < 4.78 is 63.1. The highest BCUT2D eigenvalue weighted by atomic mass is 32.2. The molecule has 3 aliphatic rings. The van der Waals surface area contributed by atoms with Gasteiger partial charge < -0.3 is 14.5 Å². The number of nitrogens with one attached hydrogen (secondary N) is 1. The van der Waals surface area contributed by atoms with Gasteiger partial charge in [0.25, 0.3) is 12.3 Å². The summed E-state index contributed by atoms with van der Waals surface area (Å²) in [5.74, 6) is -0.0866. The van der Waals surface area contributed by atoms with E-state index in [9.17, 15) is 22.0 Å². The van der Waals surface area contributed by atoms with Crippen LogP contribution in [0.25, 0.3) is 16.3 Å². The number of nitrogens with zero attached hydrogens (tertiary/aromatic N) is 6. The first-order chi connectivity index (χ1) is 17.6. The minimum Gasteiger partial charge on any atom is -0.365 e. The average molecular weight is 556 g/mol. The number of amides is 1. The Bertz CT molecular complexity index is 1470. The number of ether oxygens (including phenoxy) is 1. The van der Waals surface area contributed by atoms with Crippen molar-refractivity contribution in [2.75, 3.05) is 37.7 Å². The van der Waals surface area contributed by atoms with E-state index in [1.165, 1.54) is 16.8 Å². The van der Waals surface area contributed by atoms with Gasteiger partial charge in [0.2, 0.25) is 10.0 Å². The summed E-state index contributed by atoms with van der Waals surface area (Å²) in [6.45, 7) is 4.18. The highest BCUT2D eigenvalue weighted by Crippen LogP contribution is 2.37. The zero-order valence-corrected chi connectivity index (χ0v) is 21.6. The number of likely N-dealkylation sites (tertiary alicyclic amines) is 1. The van der Waals surface area contributed by atoms with Gasteiger partial charge in [0.1, 0.15) is 10.6 Å². The first-order valence-corrected chi connectivity index (χ1v) is 14.3. The van der Waals surface area contributed by atoms with E-state index in [1.54, 1.807) is 11.0 Å². The van der Waals surface area contributed by atoms with Gasteiger partial charge in [-0.3, -0.25) is 9.20 Å². The third kappa shape index (κ3) is 4.57. The summed E-state index contributed by atoms with van der Waals surface area (Å²) in [7, 11) is -3.92. The molecule has 2 saturated heterocycles. The first-order valence-electron chi connectivity index (χ1n) is 12.0. The van der Waals surface area contributed by atoms with Gasteiger partial charge in [0.15, 0.2) is 21.8 Å². The molecule has 200 valence electrons. The van der Waals surface area contributed by atoms with Gasteiger partial charge in [0.05, 0.1) is 25.0 Å². The van der Waals surface area contributed by atoms with Crippen molar-refractivity contribution in [1.82, 2.24) is 29.2 Å². The number of anilines is 1. The number of rotatable bonds is 7. The lowest BCUT2D eigenvalue weighted by atomic mass is 10.1. The van der Waals surface area contributed by atoms with Crippen LogP contribution in [-0.2, 0) is 19.6 Å². The zero-order chi connectivity index (χ0) is 25.9. The summed E-state index contributed by atoms with van der Waals surface area (Å²) in [6.07, 6.45) is 1.87. The van der Waals surface area contributed by atoms with Crippen LogP contribution in [0.4, 0.5) is 14.5 Å². The van der Waals surface area contributed by atoms with Crippen LogP contribution in [0.15, 0.2) is 23.4 Å². The minimum absolute atomic E-state index is 0. The normalized spacial score (nSPS) is 21.5. The van der Waals surface area contributed by atoms with Crippen LogP contribution < -0.4 is 9.62 Å². The summed E-state index contributed by atoms with van der Waals surface area (Å²) in [5, 5.41) is 7.20. The van der Waals surface area contributed by atoms with Gasteiger partial charge in [-0.05, 0) is 32.3 Å². The summed E-state index contributed by atoms with van der Waals surface area (Å²) in [6, 6.07) is 1.54. The van der Waals surface area contributed by atoms with Gasteiger partial charge in [-0.15, -0.1) is 10.2 Å². The fourth-order valence-electron chi connectivity index (χ4n) is 4.44. The topological polar surface area (TPSA) is 122 Å². The van der Waals surface area contributed by atoms with Gasteiger partial charge in [-0.1, -0.05) is 11.3 Å². The van der Waals surface area contributed by atoms with Crippen LogP contribution >= 0.6 is 11.3 Å². The molecule has 1 amide bonds. The first kappa shape index (κ1) is 24.6. The SMILES string of the molecule is CC1(NS(=O)(=O)c2cc(N3CCO[C@H](C(=O)N4CCC4)C3)c3ncc(-c4nnc(C(F)F)s4)n3c2)CC1.[HH]. The van der Waals surface area contributed by atoms with E-state index in [0.29, 0.717) is 36.7 Å². The Labute approximate surface area is 217 Å². The number of sulfonamides is 1. The smallest absolute Gasteiger partial charge is 0.291 e. The van der Waals surface area contributed by atoms with Crippen molar-refractivity contribution in [1.29, 1.82) is 0 Å².